The second kappa shape index (κ2) is 7.97. The number of aromatic amines is 1. The summed E-state index contributed by atoms with van der Waals surface area (Å²) in [6.45, 7) is 2.65. The highest BCUT2D eigenvalue weighted by Crippen LogP contribution is 2.19. The molecule has 1 aliphatic heterocycles. The van der Waals surface area contributed by atoms with E-state index in [4.69, 9.17) is 0 Å². The van der Waals surface area contributed by atoms with Crippen LogP contribution in [-0.4, -0.2) is 40.7 Å². The molecule has 0 saturated carbocycles. The average molecular weight is 330 g/mol. The van der Waals surface area contributed by atoms with E-state index in [0.717, 1.165) is 24.3 Å². The van der Waals surface area contributed by atoms with E-state index in [1.807, 2.05) is 12.1 Å². The van der Waals surface area contributed by atoms with Crippen molar-refractivity contribution in [3.63, 3.8) is 0 Å². The molecule has 0 unspecified atom stereocenters. The minimum Gasteiger partial charge on any atom is -0.352 e. The maximum absolute atomic E-state index is 12.1. The number of hydrogen-bond acceptors (Lipinski definition) is 4. The Labute approximate surface area is 134 Å². The highest BCUT2D eigenvalue weighted by molar-refractivity contribution is 5.99. The minimum absolute atomic E-state index is 0. The first-order valence-electron chi connectivity index (χ1n) is 6.27. The molecule has 0 bridgehead atoms. The molecule has 114 valence electrons. The summed E-state index contributed by atoms with van der Waals surface area (Å²) in [5, 5.41) is 13.0. The molecule has 0 spiro atoms. The monoisotopic (exact) mass is 329 g/mol. The zero-order valence-electron chi connectivity index (χ0n) is 11.2. The molecule has 1 saturated heterocycles. The number of pyridine rings is 1. The van der Waals surface area contributed by atoms with Crippen LogP contribution < -0.4 is 10.6 Å². The van der Waals surface area contributed by atoms with E-state index in [-0.39, 0.29) is 30.7 Å². The van der Waals surface area contributed by atoms with Gasteiger partial charge in [-0.1, -0.05) is 0 Å². The Balaban J connectivity index is 0.00000110. The lowest BCUT2D eigenvalue weighted by atomic mass is 10.0. The molecule has 8 heteroatoms. The lowest BCUT2D eigenvalue weighted by Gasteiger charge is -2.27. The highest BCUT2D eigenvalue weighted by atomic mass is 35.5. The summed E-state index contributed by atoms with van der Waals surface area (Å²) < 4.78 is 0. The molecular formula is C13H17Cl2N5O. The zero-order valence-corrected chi connectivity index (χ0v) is 12.8. The van der Waals surface area contributed by atoms with Crippen LogP contribution in [0.5, 0.6) is 0 Å². The highest BCUT2D eigenvalue weighted by Gasteiger charge is 2.19. The van der Waals surface area contributed by atoms with Gasteiger partial charge < -0.3 is 10.6 Å². The topological polar surface area (TPSA) is 82.7 Å². The maximum atomic E-state index is 12.1. The van der Waals surface area contributed by atoms with Crippen molar-refractivity contribution >= 4 is 30.7 Å². The second-order valence-electron chi connectivity index (χ2n) is 4.63. The molecule has 3 rings (SSSR count). The Morgan fingerprint density at radius 1 is 1.29 bits per heavy atom. The van der Waals surface area contributed by atoms with E-state index in [9.17, 15) is 4.79 Å². The van der Waals surface area contributed by atoms with Crippen molar-refractivity contribution in [2.45, 2.75) is 0 Å². The van der Waals surface area contributed by atoms with Crippen LogP contribution >= 0.6 is 24.8 Å². The van der Waals surface area contributed by atoms with E-state index >= 15 is 0 Å². The zero-order chi connectivity index (χ0) is 13.1. The number of halogens is 2. The van der Waals surface area contributed by atoms with E-state index in [2.05, 4.69) is 25.8 Å². The van der Waals surface area contributed by atoms with Gasteiger partial charge in [-0.2, -0.15) is 5.10 Å². The van der Waals surface area contributed by atoms with Crippen LogP contribution in [0.1, 0.15) is 10.4 Å². The molecule has 6 nitrogen and oxygen atoms in total. The average Bonchev–Trinajstić information content (AvgIpc) is 2.87. The standard InChI is InChI=1S/C13H15N5O.2ClH/c19-13(16-7-9-5-15-6-9)11-8-17-18-12(11)10-1-3-14-4-2-10;;/h1-4,8-9,15H,5-7H2,(H,16,19)(H,17,18);2*1H. The fraction of sp³-hybridized carbons (Fsp3) is 0.308. The van der Waals surface area contributed by atoms with Gasteiger partial charge in [0.15, 0.2) is 0 Å². The van der Waals surface area contributed by atoms with Gasteiger partial charge in [0, 0.05) is 43.5 Å². The predicted molar refractivity (Wildman–Crippen MR) is 85.0 cm³/mol. The Bertz CT molecular complexity index is 571. The number of nitrogens with zero attached hydrogens (tertiary/aromatic N) is 2. The van der Waals surface area contributed by atoms with Crippen LogP contribution in [-0.2, 0) is 0 Å². The molecular weight excluding hydrogens is 313 g/mol. The van der Waals surface area contributed by atoms with Crippen molar-refractivity contribution in [3.05, 3.63) is 36.3 Å². The van der Waals surface area contributed by atoms with E-state index in [1.165, 1.54) is 0 Å². The Morgan fingerprint density at radius 2 is 2.00 bits per heavy atom. The molecule has 21 heavy (non-hydrogen) atoms. The fourth-order valence-electron chi connectivity index (χ4n) is 2.02. The molecule has 1 aliphatic rings. The van der Waals surface area contributed by atoms with Gasteiger partial charge in [-0.3, -0.25) is 14.9 Å². The molecule has 0 aromatic carbocycles. The third-order valence-corrected chi connectivity index (χ3v) is 3.27. The number of carbonyl (C=O) groups excluding carboxylic acids is 1. The third kappa shape index (κ3) is 3.93. The quantitative estimate of drug-likeness (QED) is 0.788. The fourth-order valence-corrected chi connectivity index (χ4v) is 2.02. The molecule has 3 N–H and O–H groups in total. The number of aromatic nitrogens is 3. The lowest BCUT2D eigenvalue weighted by molar-refractivity contribution is 0.0943. The van der Waals surface area contributed by atoms with Crippen LogP contribution in [0.2, 0.25) is 0 Å². The second-order valence-corrected chi connectivity index (χ2v) is 4.63. The number of H-pyrrole nitrogens is 1. The van der Waals surface area contributed by atoms with Crippen LogP contribution in [0.4, 0.5) is 0 Å². The van der Waals surface area contributed by atoms with Gasteiger partial charge >= 0.3 is 0 Å². The maximum Gasteiger partial charge on any atom is 0.255 e. The number of nitrogens with one attached hydrogen (secondary N) is 3. The van der Waals surface area contributed by atoms with Crippen molar-refractivity contribution in [3.8, 4) is 11.3 Å². The lowest BCUT2D eigenvalue weighted by Crippen LogP contribution is -2.48. The summed E-state index contributed by atoms with van der Waals surface area (Å²) >= 11 is 0. The number of hydrogen-bond donors (Lipinski definition) is 3. The van der Waals surface area contributed by atoms with Gasteiger partial charge in [0.2, 0.25) is 0 Å². The smallest absolute Gasteiger partial charge is 0.255 e. The summed E-state index contributed by atoms with van der Waals surface area (Å²) in [7, 11) is 0. The summed E-state index contributed by atoms with van der Waals surface area (Å²) in [6, 6.07) is 3.69. The molecule has 0 aliphatic carbocycles. The first-order valence-corrected chi connectivity index (χ1v) is 6.27. The van der Waals surface area contributed by atoms with Crippen molar-refractivity contribution in [2.24, 2.45) is 5.92 Å². The van der Waals surface area contributed by atoms with Gasteiger partial charge in [-0.25, -0.2) is 0 Å². The van der Waals surface area contributed by atoms with E-state index < -0.39 is 0 Å². The molecule has 3 heterocycles. The van der Waals surface area contributed by atoms with Gasteiger partial charge in [0.05, 0.1) is 17.5 Å². The van der Waals surface area contributed by atoms with Crippen molar-refractivity contribution < 1.29 is 4.79 Å². The van der Waals surface area contributed by atoms with Crippen molar-refractivity contribution in [2.75, 3.05) is 19.6 Å². The van der Waals surface area contributed by atoms with E-state index in [1.54, 1.807) is 18.6 Å². The van der Waals surface area contributed by atoms with Crippen LogP contribution in [0.15, 0.2) is 30.7 Å². The van der Waals surface area contributed by atoms with Crippen LogP contribution in [0.3, 0.4) is 0 Å². The normalized spacial score (nSPS) is 13.5. The summed E-state index contributed by atoms with van der Waals surface area (Å²) in [5.41, 5.74) is 2.20. The van der Waals surface area contributed by atoms with Gasteiger partial charge in [-0.05, 0) is 12.1 Å². The van der Waals surface area contributed by atoms with Crippen LogP contribution in [0.25, 0.3) is 11.3 Å². The van der Waals surface area contributed by atoms with Crippen LogP contribution in [0, 0.1) is 5.92 Å². The Morgan fingerprint density at radius 3 is 2.62 bits per heavy atom. The molecule has 0 atom stereocenters. The first kappa shape index (κ1) is 17.4. The molecule has 1 fully saturated rings. The molecule has 1 amide bonds. The molecule has 2 aromatic heterocycles. The summed E-state index contributed by atoms with van der Waals surface area (Å²) in [5.74, 6) is 0.452. The predicted octanol–water partition coefficient (Wildman–Crippen LogP) is 1.26. The largest absolute Gasteiger partial charge is 0.352 e. The SMILES string of the molecule is Cl.Cl.O=C(NCC1CNC1)c1cn[nH]c1-c1ccncc1. The minimum atomic E-state index is -0.0903. The summed E-state index contributed by atoms with van der Waals surface area (Å²) in [6.07, 6.45) is 4.94. The molecule has 0 radical (unpaired) electrons. The van der Waals surface area contributed by atoms with Gasteiger partial charge in [0.25, 0.3) is 5.91 Å². The first-order chi connectivity index (χ1) is 9.34. The molecule has 2 aromatic rings. The number of amides is 1. The van der Waals surface area contributed by atoms with Gasteiger partial charge in [0.1, 0.15) is 0 Å². The third-order valence-electron chi connectivity index (χ3n) is 3.27. The Hall–Kier alpha value is -1.63. The van der Waals surface area contributed by atoms with Gasteiger partial charge in [-0.15, -0.1) is 24.8 Å². The van der Waals surface area contributed by atoms with E-state index in [0.29, 0.717) is 18.0 Å². The Kier molecular flexibility index (Phi) is 6.61. The number of rotatable bonds is 4. The van der Waals surface area contributed by atoms with Crippen molar-refractivity contribution in [1.29, 1.82) is 0 Å². The van der Waals surface area contributed by atoms with Crippen molar-refractivity contribution in [1.82, 2.24) is 25.8 Å². The summed E-state index contributed by atoms with van der Waals surface area (Å²) in [4.78, 5) is 16.1. The number of carbonyl (C=O) groups is 1.